The standard InChI is InChI=1S/C12H14ClN3O2S/c1-6(12(17)18-3)7(2)14-10-8(13)4-5-9-11(10)16-19-15-9/h4-7,14H,1-3H3. The first-order valence-electron chi connectivity index (χ1n) is 5.79. The fourth-order valence-corrected chi connectivity index (χ4v) is 2.46. The van der Waals surface area contributed by atoms with Crippen LogP contribution in [0.5, 0.6) is 0 Å². The van der Waals surface area contributed by atoms with Crippen molar-refractivity contribution in [2.75, 3.05) is 12.4 Å². The number of rotatable bonds is 4. The number of hydrogen-bond acceptors (Lipinski definition) is 6. The van der Waals surface area contributed by atoms with Crippen molar-refractivity contribution in [2.24, 2.45) is 5.92 Å². The normalized spacial score (nSPS) is 14.1. The van der Waals surface area contributed by atoms with Crippen LogP contribution in [0.2, 0.25) is 5.02 Å². The van der Waals surface area contributed by atoms with Gasteiger partial charge in [0.1, 0.15) is 11.0 Å². The van der Waals surface area contributed by atoms with Crippen molar-refractivity contribution in [1.29, 1.82) is 0 Å². The van der Waals surface area contributed by atoms with E-state index in [9.17, 15) is 4.79 Å². The summed E-state index contributed by atoms with van der Waals surface area (Å²) in [6, 6.07) is 3.46. The lowest BCUT2D eigenvalue weighted by atomic mass is 10.0. The first kappa shape index (κ1) is 14.0. The monoisotopic (exact) mass is 299 g/mol. The summed E-state index contributed by atoms with van der Waals surface area (Å²) >= 11 is 7.31. The van der Waals surface area contributed by atoms with Crippen molar-refractivity contribution >= 4 is 46.0 Å². The quantitative estimate of drug-likeness (QED) is 0.879. The molecule has 1 aromatic heterocycles. The molecule has 0 fully saturated rings. The van der Waals surface area contributed by atoms with Gasteiger partial charge in [0.25, 0.3) is 0 Å². The second-order valence-corrected chi connectivity index (χ2v) is 5.23. The fourth-order valence-electron chi connectivity index (χ4n) is 1.71. The maximum absolute atomic E-state index is 11.5. The number of esters is 1. The Kier molecular flexibility index (Phi) is 4.21. The van der Waals surface area contributed by atoms with Gasteiger partial charge < -0.3 is 10.1 Å². The van der Waals surface area contributed by atoms with E-state index in [0.717, 1.165) is 22.8 Å². The third-order valence-corrected chi connectivity index (χ3v) is 3.93. The summed E-state index contributed by atoms with van der Waals surface area (Å²) in [5.41, 5.74) is 2.22. The summed E-state index contributed by atoms with van der Waals surface area (Å²) < 4.78 is 13.1. The number of carbonyl (C=O) groups is 1. The summed E-state index contributed by atoms with van der Waals surface area (Å²) in [6.45, 7) is 3.70. The van der Waals surface area contributed by atoms with Crippen molar-refractivity contribution in [2.45, 2.75) is 19.9 Å². The molecular weight excluding hydrogens is 286 g/mol. The smallest absolute Gasteiger partial charge is 0.310 e. The predicted molar refractivity (Wildman–Crippen MR) is 76.7 cm³/mol. The van der Waals surface area contributed by atoms with E-state index < -0.39 is 0 Å². The number of halogens is 1. The zero-order chi connectivity index (χ0) is 14.0. The van der Waals surface area contributed by atoms with Gasteiger partial charge in [0, 0.05) is 6.04 Å². The van der Waals surface area contributed by atoms with Crippen LogP contribution in [0.4, 0.5) is 5.69 Å². The van der Waals surface area contributed by atoms with Gasteiger partial charge in [0.05, 0.1) is 35.5 Å². The zero-order valence-electron chi connectivity index (χ0n) is 10.8. The molecule has 0 saturated carbocycles. The number of carbonyl (C=O) groups excluding carboxylic acids is 1. The van der Waals surface area contributed by atoms with Crippen LogP contribution in [0, 0.1) is 5.92 Å². The molecule has 0 amide bonds. The van der Waals surface area contributed by atoms with Crippen LogP contribution in [0.3, 0.4) is 0 Å². The zero-order valence-corrected chi connectivity index (χ0v) is 12.4. The topological polar surface area (TPSA) is 64.1 Å². The Balaban J connectivity index is 2.28. The second kappa shape index (κ2) is 5.71. The molecule has 0 spiro atoms. The van der Waals surface area contributed by atoms with Crippen LogP contribution >= 0.6 is 23.3 Å². The third kappa shape index (κ3) is 2.79. The van der Waals surface area contributed by atoms with E-state index >= 15 is 0 Å². The lowest BCUT2D eigenvalue weighted by molar-refractivity contribution is -0.145. The number of aromatic nitrogens is 2. The summed E-state index contributed by atoms with van der Waals surface area (Å²) in [6.07, 6.45) is 0. The van der Waals surface area contributed by atoms with Gasteiger partial charge in [0.15, 0.2) is 0 Å². The Morgan fingerprint density at radius 1 is 1.42 bits per heavy atom. The Morgan fingerprint density at radius 2 is 2.16 bits per heavy atom. The molecule has 0 aliphatic heterocycles. The maximum atomic E-state index is 11.5. The molecule has 0 aliphatic carbocycles. The molecule has 19 heavy (non-hydrogen) atoms. The number of nitrogens with zero attached hydrogens (tertiary/aromatic N) is 2. The number of benzene rings is 1. The van der Waals surface area contributed by atoms with E-state index in [1.165, 1.54) is 7.11 Å². The molecule has 0 saturated heterocycles. The lowest BCUT2D eigenvalue weighted by Crippen LogP contribution is -2.30. The van der Waals surface area contributed by atoms with E-state index in [-0.39, 0.29) is 17.9 Å². The van der Waals surface area contributed by atoms with Crippen molar-refractivity contribution in [3.8, 4) is 0 Å². The summed E-state index contributed by atoms with van der Waals surface area (Å²) in [5, 5.41) is 3.79. The van der Waals surface area contributed by atoms with Gasteiger partial charge in [-0.1, -0.05) is 11.6 Å². The summed E-state index contributed by atoms with van der Waals surface area (Å²) in [5.74, 6) is -0.553. The Labute approximate surface area is 120 Å². The van der Waals surface area contributed by atoms with Gasteiger partial charge in [-0.05, 0) is 26.0 Å². The highest BCUT2D eigenvalue weighted by Crippen LogP contribution is 2.31. The largest absolute Gasteiger partial charge is 0.469 e. The van der Waals surface area contributed by atoms with Gasteiger partial charge in [-0.2, -0.15) is 8.75 Å². The average molecular weight is 300 g/mol. The molecule has 0 bridgehead atoms. The molecule has 5 nitrogen and oxygen atoms in total. The molecule has 7 heteroatoms. The summed E-state index contributed by atoms with van der Waals surface area (Å²) in [4.78, 5) is 11.5. The molecule has 1 heterocycles. The highest BCUT2D eigenvalue weighted by atomic mass is 35.5. The number of ether oxygens (including phenoxy) is 1. The first-order valence-corrected chi connectivity index (χ1v) is 6.90. The number of anilines is 1. The first-order chi connectivity index (χ1) is 9.04. The molecular formula is C12H14ClN3O2S. The van der Waals surface area contributed by atoms with Crippen molar-refractivity contribution in [1.82, 2.24) is 8.75 Å². The highest BCUT2D eigenvalue weighted by Gasteiger charge is 2.22. The van der Waals surface area contributed by atoms with Crippen LogP contribution < -0.4 is 5.32 Å². The lowest BCUT2D eigenvalue weighted by Gasteiger charge is -2.21. The van der Waals surface area contributed by atoms with Crippen LogP contribution in [-0.2, 0) is 9.53 Å². The van der Waals surface area contributed by atoms with E-state index in [1.807, 2.05) is 13.0 Å². The second-order valence-electron chi connectivity index (χ2n) is 4.30. The van der Waals surface area contributed by atoms with Gasteiger partial charge >= 0.3 is 5.97 Å². The van der Waals surface area contributed by atoms with Crippen molar-refractivity contribution < 1.29 is 9.53 Å². The van der Waals surface area contributed by atoms with E-state index in [2.05, 4.69) is 14.1 Å². The van der Waals surface area contributed by atoms with Gasteiger partial charge in [-0.3, -0.25) is 4.79 Å². The minimum absolute atomic E-state index is 0.128. The number of hydrogen-bond donors (Lipinski definition) is 1. The molecule has 1 N–H and O–H groups in total. The number of nitrogens with one attached hydrogen (secondary N) is 1. The molecule has 0 aliphatic rings. The van der Waals surface area contributed by atoms with Gasteiger partial charge in [-0.15, -0.1) is 0 Å². The summed E-state index contributed by atoms with van der Waals surface area (Å²) in [7, 11) is 1.38. The van der Waals surface area contributed by atoms with Crippen LogP contribution in [0.25, 0.3) is 11.0 Å². The predicted octanol–water partition coefficient (Wildman–Crippen LogP) is 2.95. The van der Waals surface area contributed by atoms with E-state index in [1.54, 1.807) is 13.0 Å². The molecule has 2 atom stereocenters. The van der Waals surface area contributed by atoms with Crippen molar-refractivity contribution in [3.05, 3.63) is 17.2 Å². The molecule has 2 rings (SSSR count). The molecule has 2 aromatic rings. The van der Waals surface area contributed by atoms with Crippen molar-refractivity contribution in [3.63, 3.8) is 0 Å². The van der Waals surface area contributed by atoms with Gasteiger partial charge in [-0.25, -0.2) is 0 Å². The SMILES string of the molecule is COC(=O)C(C)C(C)Nc1c(Cl)ccc2nsnc12. The van der Waals surface area contributed by atoms with Crippen LogP contribution in [0.1, 0.15) is 13.8 Å². The van der Waals surface area contributed by atoms with E-state index in [0.29, 0.717) is 10.7 Å². The third-order valence-electron chi connectivity index (χ3n) is 3.07. The number of methoxy groups -OCH3 is 1. The minimum Gasteiger partial charge on any atom is -0.469 e. The van der Waals surface area contributed by atoms with Crippen LogP contribution in [-0.4, -0.2) is 27.9 Å². The average Bonchev–Trinajstić information content (AvgIpc) is 2.88. The molecule has 0 radical (unpaired) electrons. The van der Waals surface area contributed by atoms with Gasteiger partial charge in [0.2, 0.25) is 0 Å². The fraction of sp³-hybridized carbons (Fsp3) is 0.417. The Hall–Kier alpha value is -1.40. The molecule has 102 valence electrons. The Bertz CT molecular complexity index is 602. The number of fused-ring (bicyclic) bond motifs is 1. The molecule has 2 unspecified atom stereocenters. The molecule has 1 aromatic carbocycles. The minimum atomic E-state index is -0.289. The highest BCUT2D eigenvalue weighted by molar-refractivity contribution is 7.00. The Morgan fingerprint density at radius 3 is 2.84 bits per heavy atom. The van der Waals surface area contributed by atoms with Crippen LogP contribution in [0.15, 0.2) is 12.1 Å². The van der Waals surface area contributed by atoms with E-state index in [4.69, 9.17) is 16.3 Å². The maximum Gasteiger partial charge on any atom is 0.310 e.